The molecule has 1 aromatic heterocycles. The predicted octanol–water partition coefficient (Wildman–Crippen LogP) is 2.42. The molecule has 0 radical (unpaired) electrons. The molecular weight excluding hydrogens is 403 g/mol. The second kappa shape index (κ2) is 9.24. The summed E-state index contributed by atoms with van der Waals surface area (Å²) in [6.45, 7) is 6.75. The highest BCUT2D eigenvalue weighted by atomic mass is 32.1. The topological polar surface area (TPSA) is 55.9 Å². The summed E-state index contributed by atoms with van der Waals surface area (Å²) in [5, 5.41) is 4.88. The van der Waals surface area contributed by atoms with Gasteiger partial charge in [0, 0.05) is 49.8 Å². The summed E-state index contributed by atoms with van der Waals surface area (Å²) in [6, 6.07) is 7.72. The highest BCUT2D eigenvalue weighted by molar-refractivity contribution is 7.10. The van der Waals surface area contributed by atoms with Crippen molar-refractivity contribution < 1.29 is 14.0 Å². The van der Waals surface area contributed by atoms with Gasteiger partial charge in [-0.1, -0.05) is 6.07 Å². The zero-order valence-corrected chi connectivity index (χ0v) is 18.0. The first-order valence-corrected chi connectivity index (χ1v) is 11.2. The van der Waals surface area contributed by atoms with Crippen LogP contribution in [0.5, 0.6) is 0 Å². The number of nitrogens with zero attached hydrogens (tertiary/aromatic N) is 3. The van der Waals surface area contributed by atoms with Crippen LogP contribution in [0.3, 0.4) is 0 Å². The maximum absolute atomic E-state index is 13.3. The first-order chi connectivity index (χ1) is 14.5. The molecule has 160 valence electrons. The largest absolute Gasteiger partial charge is 0.337 e. The van der Waals surface area contributed by atoms with Crippen LogP contribution in [0.25, 0.3) is 0 Å². The van der Waals surface area contributed by atoms with Crippen molar-refractivity contribution in [2.24, 2.45) is 0 Å². The minimum Gasteiger partial charge on any atom is -0.337 e. The van der Waals surface area contributed by atoms with E-state index >= 15 is 0 Å². The number of nitrogens with one attached hydrogen (secondary N) is 1. The summed E-state index contributed by atoms with van der Waals surface area (Å²) in [5.74, 6) is -0.343. The van der Waals surface area contributed by atoms with Gasteiger partial charge in [0.15, 0.2) is 0 Å². The monoisotopic (exact) mass is 430 g/mol. The van der Waals surface area contributed by atoms with Gasteiger partial charge in [0.05, 0.1) is 12.6 Å². The molecule has 1 N–H and O–H groups in total. The van der Waals surface area contributed by atoms with Crippen LogP contribution >= 0.6 is 11.3 Å². The Morgan fingerprint density at radius 1 is 1.17 bits per heavy atom. The summed E-state index contributed by atoms with van der Waals surface area (Å²) < 4.78 is 13.3. The Balaban J connectivity index is 1.23. The molecule has 2 amide bonds. The number of hydrogen-bond acceptors (Lipinski definition) is 5. The average Bonchev–Trinajstić information content (AvgIpc) is 3.21. The molecule has 1 atom stereocenters. The van der Waals surface area contributed by atoms with E-state index in [4.69, 9.17) is 0 Å². The predicted molar refractivity (Wildman–Crippen MR) is 116 cm³/mol. The molecule has 2 aromatic rings. The lowest BCUT2D eigenvalue weighted by Gasteiger charge is -2.38. The van der Waals surface area contributed by atoms with Gasteiger partial charge >= 0.3 is 0 Å². The molecule has 0 saturated carbocycles. The Morgan fingerprint density at radius 2 is 1.97 bits per heavy atom. The highest BCUT2D eigenvalue weighted by Gasteiger charge is 2.28. The van der Waals surface area contributed by atoms with Crippen molar-refractivity contribution in [1.82, 2.24) is 14.7 Å². The number of carbonyl (C=O) groups excluding carboxylic acids is 2. The fourth-order valence-corrected chi connectivity index (χ4v) is 4.93. The second-order valence-electron chi connectivity index (χ2n) is 7.92. The lowest BCUT2D eigenvalue weighted by atomic mass is 10.1. The zero-order chi connectivity index (χ0) is 21.1. The Labute approximate surface area is 180 Å². The van der Waals surface area contributed by atoms with Gasteiger partial charge in [-0.15, -0.1) is 11.3 Å². The molecule has 30 heavy (non-hydrogen) atoms. The van der Waals surface area contributed by atoms with Crippen LogP contribution in [0, 0.1) is 5.82 Å². The van der Waals surface area contributed by atoms with Crippen molar-refractivity contribution in [3.05, 3.63) is 52.0 Å². The van der Waals surface area contributed by atoms with E-state index in [-0.39, 0.29) is 23.7 Å². The minimum atomic E-state index is -0.373. The van der Waals surface area contributed by atoms with Gasteiger partial charge in [0.2, 0.25) is 11.8 Å². The normalized spacial score (nSPS) is 18.7. The van der Waals surface area contributed by atoms with Gasteiger partial charge in [-0.05, 0) is 48.6 Å². The highest BCUT2D eigenvalue weighted by Crippen LogP contribution is 2.24. The molecule has 1 fully saturated rings. The fraction of sp³-hybridized carbons (Fsp3) is 0.455. The first kappa shape index (κ1) is 21.0. The molecule has 1 saturated heterocycles. The number of benzene rings is 1. The van der Waals surface area contributed by atoms with Crippen LogP contribution in [0.1, 0.15) is 17.4 Å². The fourth-order valence-electron chi connectivity index (χ4n) is 4.04. The van der Waals surface area contributed by atoms with Gasteiger partial charge in [0.25, 0.3) is 0 Å². The van der Waals surface area contributed by atoms with E-state index in [2.05, 4.69) is 26.6 Å². The maximum Gasteiger partial charge on any atom is 0.241 e. The number of rotatable bonds is 5. The van der Waals surface area contributed by atoms with Gasteiger partial charge in [-0.25, -0.2) is 4.39 Å². The molecule has 1 aromatic carbocycles. The third kappa shape index (κ3) is 4.88. The van der Waals surface area contributed by atoms with E-state index in [9.17, 15) is 14.0 Å². The molecule has 2 aliphatic rings. The lowest BCUT2D eigenvalue weighted by molar-refractivity contribution is -0.134. The number of carbonyl (C=O) groups is 2. The molecule has 8 heteroatoms. The standard InChI is InChI=1S/C22H27FN4O2S/c1-16(22(29)24-19-4-2-3-18(23)13-19)26-10-8-25(9-11-26)15-21(28)27-7-5-20-17(14-27)6-12-30-20/h2-4,6,12-13,16H,5,7-11,14-15H2,1H3,(H,24,29). The number of halogens is 1. The van der Waals surface area contributed by atoms with E-state index < -0.39 is 0 Å². The smallest absolute Gasteiger partial charge is 0.241 e. The molecule has 3 heterocycles. The number of anilines is 1. The van der Waals surface area contributed by atoms with Crippen molar-refractivity contribution in [3.63, 3.8) is 0 Å². The molecular formula is C22H27FN4O2S. The van der Waals surface area contributed by atoms with Crippen LogP contribution in [0.4, 0.5) is 10.1 Å². The van der Waals surface area contributed by atoms with E-state index in [1.165, 1.54) is 22.6 Å². The summed E-state index contributed by atoms with van der Waals surface area (Å²) in [7, 11) is 0. The van der Waals surface area contributed by atoms with Crippen molar-refractivity contribution in [2.75, 3.05) is 44.6 Å². The number of hydrogen-bond donors (Lipinski definition) is 1. The quantitative estimate of drug-likeness (QED) is 0.792. The van der Waals surface area contributed by atoms with E-state index in [0.717, 1.165) is 45.7 Å². The minimum absolute atomic E-state index is 0.148. The molecule has 2 aliphatic heterocycles. The molecule has 1 unspecified atom stereocenters. The Hall–Kier alpha value is -2.29. The van der Waals surface area contributed by atoms with Gasteiger partial charge < -0.3 is 10.2 Å². The molecule has 0 spiro atoms. The first-order valence-electron chi connectivity index (χ1n) is 10.4. The van der Waals surface area contributed by atoms with Gasteiger partial charge in [0.1, 0.15) is 5.82 Å². The van der Waals surface area contributed by atoms with Crippen molar-refractivity contribution >= 4 is 28.8 Å². The van der Waals surface area contributed by atoms with Gasteiger partial charge in [-0.3, -0.25) is 19.4 Å². The average molecular weight is 431 g/mol. The van der Waals surface area contributed by atoms with E-state index in [1.54, 1.807) is 23.5 Å². The summed E-state index contributed by atoms with van der Waals surface area (Å²) in [6.07, 6.45) is 0.949. The number of piperazine rings is 1. The molecule has 0 bridgehead atoms. The maximum atomic E-state index is 13.3. The Morgan fingerprint density at radius 3 is 2.73 bits per heavy atom. The number of fused-ring (bicyclic) bond motifs is 1. The summed E-state index contributed by atoms with van der Waals surface area (Å²) in [5.41, 5.74) is 1.74. The Kier molecular flexibility index (Phi) is 6.46. The van der Waals surface area contributed by atoms with Crippen molar-refractivity contribution in [3.8, 4) is 0 Å². The van der Waals surface area contributed by atoms with Crippen molar-refractivity contribution in [1.29, 1.82) is 0 Å². The molecule has 6 nitrogen and oxygen atoms in total. The molecule has 4 rings (SSSR count). The van der Waals surface area contributed by atoms with E-state index in [1.807, 2.05) is 11.8 Å². The van der Waals surface area contributed by atoms with Crippen LogP contribution in [-0.4, -0.2) is 71.8 Å². The van der Waals surface area contributed by atoms with Crippen LogP contribution < -0.4 is 5.32 Å². The zero-order valence-electron chi connectivity index (χ0n) is 17.1. The van der Waals surface area contributed by atoms with Crippen LogP contribution in [0.2, 0.25) is 0 Å². The number of amides is 2. The van der Waals surface area contributed by atoms with Crippen LogP contribution in [0.15, 0.2) is 35.7 Å². The summed E-state index contributed by atoms with van der Waals surface area (Å²) >= 11 is 1.78. The van der Waals surface area contributed by atoms with E-state index in [0.29, 0.717) is 12.2 Å². The van der Waals surface area contributed by atoms with Crippen LogP contribution in [-0.2, 0) is 22.6 Å². The summed E-state index contributed by atoms with van der Waals surface area (Å²) in [4.78, 5) is 32.9. The third-order valence-corrected chi connectivity index (χ3v) is 6.97. The van der Waals surface area contributed by atoms with Gasteiger partial charge in [-0.2, -0.15) is 0 Å². The second-order valence-corrected chi connectivity index (χ2v) is 8.92. The third-order valence-electron chi connectivity index (χ3n) is 5.95. The lowest BCUT2D eigenvalue weighted by Crippen LogP contribution is -2.54. The SMILES string of the molecule is CC(C(=O)Nc1cccc(F)c1)N1CCN(CC(=O)N2CCc3sccc3C2)CC1. The van der Waals surface area contributed by atoms with Crippen molar-refractivity contribution in [2.45, 2.75) is 25.9 Å². The number of thiophene rings is 1. The Bertz CT molecular complexity index is 910. The molecule has 0 aliphatic carbocycles.